The normalized spacial score (nSPS) is 11.4. The number of primary amides is 1. The molecule has 0 bridgehead atoms. The van der Waals surface area contributed by atoms with E-state index in [1.165, 1.54) is 12.1 Å². The molecule has 4 aromatic rings. The average molecular weight is 452 g/mol. The predicted octanol–water partition coefficient (Wildman–Crippen LogP) is 4.43. The van der Waals surface area contributed by atoms with Gasteiger partial charge in [0.15, 0.2) is 0 Å². The number of amides is 1. The fourth-order valence-corrected chi connectivity index (χ4v) is 3.88. The van der Waals surface area contributed by atoms with Crippen molar-refractivity contribution in [3.63, 3.8) is 0 Å². The number of benzene rings is 2. The van der Waals surface area contributed by atoms with E-state index in [2.05, 4.69) is 21.4 Å². The van der Waals surface area contributed by atoms with Gasteiger partial charge in [-0.2, -0.15) is 5.26 Å². The summed E-state index contributed by atoms with van der Waals surface area (Å²) in [5.41, 5.74) is 10.3. The molecule has 1 unspecified atom stereocenters. The van der Waals surface area contributed by atoms with E-state index in [9.17, 15) is 14.4 Å². The van der Waals surface area contributed by atoms with E-state index in [0.29, 0.717) is 46.6 Å². The number of halogens is 1. The Bertz CT molecular complexity index is 1350. The van der Waals surface area contributed by atoms with Crippen LogP contribution in [0.25, 0.3) is 11.3 Å². The minimum atomic E-state index is -0.766. The molecule has 7 heteroatoms. The Balaban J connectivity index is 1.74. The van der Waals surface area contributed by atoms with Crippen molar-refractivity contribution >= 4 is 11.6 Å². The molecule has 1 amide bonds. The van der Waals surface area contributed by atoms with E-state index in [1.54, 1.807) is 48.9 Å². The molecule has 0 aliphatic carbocycles. The van der Waals surface area contributed by atoms with Crippen LogP contribution in [0.1, 0.15) is 28.2 Å². The molecule has 2 aromatic heterocycles. The van der Waals surface area contributed by atoms with Crippen molar-refractivity contribution in [2.45, 2.75) is 12.3 Å². The molecule has 0 saturated heterocycles. The Morgan fingerprint density at radius 3 is 2.68 bits per heavy atom. The van der Waals surface area contributed by atoms with Crippen LogP contribution in [-0.2, 0) is 11.2 Å². The van der Waals surface area contributed by atoms with Crippen LogP contribution in [0.15, 0.2) is 85.3 Å². The number of aromatic nitrogens is 2. The number of hydrogen-bond acceptors (Lipinski definition) is 5. The van der Waals surface area contributed by atoms with E-state index >= 15 is 0 Å². The van der Waals surface area contributed by atoms with E-state index in [0.717, 1.165) is 5.56 Å². The topological polar surface area (TPSA) is 105 Å². The quantitative estimate of drug-likeness (QED) is 0.412. The Labute approximate surface area is 196 Å². The number of rotatable bonds is 8. The summed E-state index contributed by atoms with van der Waals surface area (Å²) in [5, 5.41) is 12.9. The summed E-state index contributed by atoms with van der Waals surface area (Å²) in [7, 11) is 0. The minimum Gasteiger partial charge on any atom is -0.384 e. The number of pyridine rings is 2. The molecule has 1 atom stereocenters. The number of nitrogens with two attached hydrogens (primary N) is 1. The molecular formula is C27H22FN5O. The van der Waals surface area contributed by atoms with Crippen LogP contribution in [0.3, 0.4) is 0 Å². The largest absolute Gasteiger partial charge is 0.384 e. The van der Waals surface area contributed by atoms with Crippen LogP contribution in [0.2, 0.25) is 0 Å². The zero-order chi connectivity index (χ0) is 23.9. The first-order valence-corrected chi connectivity index (χ1v) is 10.7. The summed E-state index contributed by atoms with van der Waals surface area (Å²) in [6, 6.07) is 21.1. The van der Waals surface area contributed by atoms with E-state index in [1.807, 2.05) is 24.3 Å². The maximum Gasteiger partial charge on any atom is 0.229 e. The predicted molar refractivity (Wildman–Crippen MR) is 128 cm³/mol. The maximum atomic E-state index is 13.6. The van der Waals surface area contributed by atoms with E-state index < -0.39 is 11.8 Å². The summed E-state index contributed by atoms with van der Waals surface area (Å²) in [5.74, 6) is -1.59. The van der Waals surface area contributed by atoms with Crippen molar-refractivity contribution in [3.8, 4) is 17.3 Å². The molecule has 168 valence electrons. The van der Waals surface area contributed by atoms with E-state index in [4.69, 9.17) is 5.73 Å². The van der Waals surface area contributed by atoms with Crippen molar-refractivity contribution < 1.29 is 9.18 Å². The van der Waals surface area contributed by atoms with Crippen LogP contribution in [0, 0.1) is 17.1 Å². The highest BCUT2D eigenvalue weighted by atomic mass is 19.1. The molecule has 34 heavy (non-hydrogen) atoms. The number of carbonyl (C=O) groups is 1. The molecule has 0 aliphatic heterocycles. The minimum absolute atomic E-state index is 0.289. The lowest BCUT2D eigenvalue weighted by atomic mass is 9.91. The smallest absolute Gasteiger partial charge is 0.229 e. The highest BCUT2D eigenvalue weighted by Crippen LogP contribution is 2.33. The van der Waals surface area contributed by atoms with Crippen LogP contribution in [0.4, 0.5) is 10.1 Å². The summed E-state index contributed by atoms with van der Waals surface area (Å²) in [4.78, 5) is 21.2. The first-order valence-electron chi connectivity index (χ1n) is 10.7. The molecule has 0 spiro atoms. The van der Waals surface area contributed by atoms with Crippen LogP contribution >= 0.6 is 0 Å². The van der Waals surface area contributed by atoms with Gasteiger partial charge in [-0.15, -0.1) is 0 Å². The second kappa shape index (κ2) is 10.4. The summed E-state index contributed by atoms with van der Waals surface area (Å²) in [6.45, 7) is 0.484. The van der Waals surface area contributed by atoms with Gasteiger partial charge < -0.3 is 11.1 Å². The van der Waals surface area contributed by atoms with Gasteiger partial charge in [-0.25, -0.2) is 4.39 Å². The van der Waals surface area contributed by atoms with Gasteiger partial charge in [0.25, 0.3) is 0 Å². The maximum absolute atomic E-state index is 13.6. The number of nitrogens with zero attached hydrogens (tertiary/aromatic N) is 3. The Morgan fingerprint density at radius 1 is 1.09 bits per heavy atom. The fourth-order valence-electron chi connectivity index (χ4n) is 3.88. The Hall–Kier alpha value is -4.57. The molecule has 3 N–H and O–H groups in total. The molecular weight excluding hydrogens is 429 g/mol. The standard InChI is InChI=1S/C27H22FN5O/c28-21-8-3-5-18(13-21)10-12-32-25-14-24(22-9-2-1-6-19(22)15-29)33-17-23(25)26(27(30)34)20-7-4-11-31-16-20/h1-9,11,13-14,16-17,26H,10,12H2,(H2,30,34)(H,32,33). The van der Waals surface area contributed by atoms with Crippen molar-refractivity contribution in [1.29, 1.82) is 5.26 Å². The first kappa shape index (κ1) is 22.6. The molecule has 2 heterocycles. The Kier molecular flexibility index (Phi) is 6.89. The number of nitrogens with one attached hydrogen (secondary N) is 1. The molecule has 4 rings (SSSR count). The monoisotopic (exact) mass is 451 g/mol. The second-order valence-electron chi connectivity index (χ2n) is 7.74. The van der Waals surface area contributed by atoms with Gasteiger partial charge in [0, 0.05) is 41.9 Å². The van der Waals surface area contributed by atoms with Gasteiger partial charge in [-0.3, -0.25) is 14.8 Å². The lowest BCUT2D eigenvalue weighted by Gasteiger charge is -2.20. The fraction of sp³-hybridized carbons (Fsp3) is 0.111. The lowest BCUT2D eigenvalue weighted by Crippen LogP contribution is -2.24. The average Bonchev–Trinajstić information content (AvgIpc) is 2.85. The Morgan fingerprint density at radius 2 is 1.94 bits per heavy atom. The third-order valence-electron chi connectivity index (χ3n) is 5.49. The van der Waals surface area contributed by atoms with Crippen LogP contribution in [0.5, 0.6) is 0 Å². The summed E-state index contributed by atoms with van der Waals surface area (Å²) >= 11 is 0. The number of anilines is 1. The zero-order valence-electron chi connectivity index (χ0n) is 18.3. The van der Waals surface area contributed by atoms with Gasteiger partial charge >= 0.3 is 0 Å². The van der Waals surface area contributed by atoms with Crippen molar-refractivity contribution in [2.24, 2.45) is 5.73 Å². The van der Waals surface area contributed by atoms with Gasteiger partial charge in [0.05, 0.1) is 23.2 Å². The molecule has 0 saturated carbocycles. The summed E-state index contributed by atoms with van der Waals surface area (Å²) < 4.78 is 13.6. The molecule has 0 radical (unpaired) electrons. The van der Waals surface area contributed by atoms with Crippen molar-refractivity contribution in [1.82, 2.24) is 9.97 Å². The first-order chi connectivity index (χ1) is 16.6. The molecule has 0 fully saturated rings. The van der Waals surface area contributed by atoms with Crippen LogP contribution in [-0.4, -0.2) is 22.4 Å². The second-order valence-corrected chi connectivity index (χ2v) is 7.74. The molecule has 2 aromatic carbocycles. The highest BCUT2D eigenvalue weighted by molar-refractivity contribution is 5.88. The van der Waals surface area contributed by atoms with Gasteiger partial charge in [-0.05, 0) is 47.9 Å². The number of nitriles is 1. The summed E-state index contributed by atoms with van der Waals surface area (Å²) in [6.07, 6.45) is 5.40. The van der Waals surface area contributed by atoms with E-state index in [-0.39, 0.29) is 5.82 Å². The zero-order valence-corrected chi connectivity index (χ0v) is 18.3. The number of hydrogen-bond donors (Lipinski definition) is 2. The molecule has 6 nitrogen and oxygen atoms in total. The van der Waals surface area contributed by atoms with Crippen LogP contribution < -0.4 is 11.1 Å². The van der Waals surface area contributed by atoms with Gasteiger partial charge in [-0.1, -0.05) is 36.4 Å². The van der Waals surface area contributed by atoms with Crippen molar-refractivity contribution in [2.75, 3.05) is 11.9 Å². The third-order valence-corrected chi connectivity index (χ3v) is 5.49. The SMILES string of the molecule is N#Cc1ccccc1-c1cc(NCCc2cccc(F)c2)c(C(C(N)=O)c2cccnc2)cn1. The molecule has 0 aliphatic rings. The van der Waals surface area contributed by atoms with Gasteiger partial charge in [0.2, 0.25) is 5.91 Å². The number of carbonyl (C=O) groups excluding carboxylic acids is 1. The highest BCUT2D eigenvalue weighted by Gasteiger charge is 2.24. The third kappa shape index (κ3) is 5.08. The van der Waals surface area contributed by atoms with Gasteiger partial charge in [0.1, 0.15) is 5.82 Å². The lowest BCUT2D eigenvalue weighted by molar-refractivity contribution is -0.118. The van der Waals surface area contributed by atoms with Crippen molar-refractivity contribution in [3.05, 3.63) is 113 Å².